The highest BCUT2D eigenvalue weighted by molar-refractivity contribution is 6.08. The molecule has 0 spiro atoms. The molecule has 46 heavy (non-hydrogen) atoms. The number of nitrogens with zero attached hydrogens (tertiary/aromatic N) is 3. The average molecular weight is 590 g/mol. The first-order valence-electron chi connectivity index (χ1n) is 15.6. The van der Waals surface area contributed by atoms with Gasteiger partial charge in [-0.15, -0.1) is 0 Å². The van der Waals surface area contributed by atoms with Crippen LogP contribution in [0.4, 0.5) is 0 Å². The lowest BCUT2D eigenvalue weighted by atomic mass is 9.94. The Morgan fingerprint density at radius 1 is 0.348 bits per heavy atom. The maximum atomic E-state index is 5.16. The summed E-state index contributed by atoms with van der Waals surface area (Å²) in [7, 11) is 0. The molecule has 3 heterocycles. The Bertz CT molecular complexity index is 2320. The third-order valence-electron chi connectivity index (χ3n) is 8.57. The summed E-state index contributed by atoms with van der Waals surface area (Å²) in [6.07, 6.45) is 0. The summed E-state index contributed by atoms with van der Waals surface area (Å²) in [5, 5.41) is 2.21. The van der Waals surface area contributed by atoms with Crippen molar-refractivity contribution in [2.75, 3.05) is 0 Å². The largest absolute Gasteiger partial charge is 0.251 e. The molecule has 0 N–H and O–H groups in total. The molecule has 0 aliphatic heterocycles. The van der Waals surface area contributed by atoms with Gasteiger partial charge in [0.05, 0.1) is 22.4 Å². The minimum absolute atomic E-state index is 0.946. The molecule has 0 bridgehead atoms. The minimum Gasteiger partial charge on any atom is -0.251 e. The Morgan fingerprint density at radius 3 is 1.65 bits per heavy atom. The van der Waals surface area contributed by atoms with Crippen LogP contribution in [0.25, 0.3) is 77.7 Å². The number of hydrogen-bond acceptors (Lipinski definition) is 3. The minimum atomic E-state index is 0.946. The topological polar surface area (TPSA) is 38.7 Å². The number of aryl methyl sites for hydroxylation is 2. The van der Waals surface area contributed by atoms with Crippen molar-refractivity contribution in [3.8, 4) is 55.9 Å². The summed E-state index contributed by atoms with van der Waals surface area (Å²) >= 11 is 0. The van der Waals surface area contributed by atoms with Gasteiger partial charge in [0.2, 0.25) is 0 Å². The Balaban J connectivity index is 1.23. The lowest BCUT2D eigenvalue weighted by Crippen LogP contribution is -1.93. The first kappa shape index (κ1) is 27.6. The molecule has 0 radical (unpaired) electrons. The molecule has 0 saturated carbocycles. The summed E-state index contributed by atoms with van der Waals surface area (Å²) < 4.78 is 0. The Morgan fingerprint density at radius 2 is 0.913 bits per heavy atom. The predicted octanol–water partition coefficient (Wildman–Crippen LogP) is 11.1. The Hall–Kier alpha value is -5.93. The van der Waals surface area contributed by atoms with E-state index in [1.165, 1.54) is 5.56 Å². The molecule has 3 heteroatoms. The molecule has 0 saturated heterocycles. The number of rotatable bonds is 5. The highest BCUT2D eigenvalue weighted by Gasteiger charge is 2.13. The molecule has 0 amide bonds. The van der Waals surface area contributed by atoms with Gasteiger partial charge in [-0.1, -0.05) is 115 Å². The summed E-state index contributed by atoms with van der Waals surface area (Å²) in [5.74, 6) is 0. The maximum Gasteiger partial charge on any atom is 0.0974 e. The predicted molar refractivity (Wildman–Crippen MR) is 191 cm³/mol. The molecule has 0 unspecified atom stereocenters. The fourth-order valence-electron chi connectivity index (χ4n) is 6.29. The zero-order chi connectivity index (χ0) is 31.0. The van der Waals surface area contributed by atoms with Gasteiger partial charge in [0, 0.05) is 33.3 Å². The van der Waals surface area contributed by atoms with E-state index < -0.39 is 0 Å². The summed E-state index contributed by atoms with van der Waals surface area (Å²) in [6, 6.07) is 53.5. The molecule has 0 fully saturated rings. The molecular formula is C43H31N3. The zero-order valence-corrected chi connectivity index (χ0v) is 25.8. The van der Waals surface area contributed by atoms with Crippen LogP contribution in [0.2, 0.25) is 0 Å². The smallest absolute Gasteiger partial charge is 0.0974 e. The highest BCUT2D eigenvalue weighted by atomic mass is 14.8. The summed E-state index contributed by atoms with van der Waals surface area (Å²) in [5.41, 5.74) is 14.9. The van der Waals surface area contributed by atoms with Crippen molar-refractivity contribution < 1.29 is 0 Å². The van der Waals surface area contributed by atoms with E-state index >= 15 is 0 Å². The fourth-order valence-corrected chi connectivity index (χ4v) is 6.29. The quantitative estimate of drug-likeness (QED) is 0.187. The second-order valence-corrected chi connectivity index (χ2v) is 11.8. The van der Waals surface area contributed by atoms with Crippen LogP contribution in [0.15, 0.2) is 152 Å². The van der Waals surface area contributed by atoms with Crippen LogP contribution >= 0.6 is 0 Å². The summed E-state index contributed by atoms with van der Waals surface area (Å²) in [6.45, 7) is 4.09. The van der Waals surface area contributed by atoms with E-state index in [9.17, 15) is 0 Å². The van der Waals surface area contributed by atoms with E-state index in [4.69, 9.17) is 15.0 Å². The third kappa shape index (κ3) is 5.22. The second-order valence-electron chi connectivity index (χ2n) is 11.8. The van der Waals surface area contributed by atoms with Crippen LogP contribution in [0.5, 0.6) is 0 Å². The van der Waals surface area contributed by atoms with Gasteiger partial charge in [-0.2, -0.15) is 0 Å². The van der Waals surface area contributed by atoms with Gasteiger partial charge in [-0.25, -0.2) is 4.98 Å². The third-order valence-corrected chi connectivity index (χ3v) is 8.57. The first-order valence-corrected chi connectivity index (χ1v) is 15.6. The first-order chi connectivity index (χ1) is 22.6. The number of pyridine rings is 3. The van der Waals surface area contributed by atoms with Crippen LogP contribution in [-0.4, -0.2) is 15.0 Å². The monoisotopic (exact) mass is 589 g/mol. The SMILES string of the molecule is Cc1ccc2ccc3c(-c4cccc(-c5cccc(-c6cc(-c7ccccc7)cc(-c7ccccc7)n6)c5)c4)cc(C)nc3c2n1. The van der Waals surface area contributed by atoms with Crippen LogP contribution in [0.1, 0.15) is 11.4 Å². The lowest BCUT2D eigenvalue weighted by molar-refractivity contribution is 1.23. The van der Waals surface area contributed by atoms with E-state index in [1.807, 2.05) is 13.0 Å². The maximum absolute atomic E-state index is 5.16. The lowest BCUT2D eigenvalue weighted by Gasteiger charge is -2.13. The van der Waals surface area contributed by atoms with Crippen LogP contribution < -0.4 is 0 Å². The molecule has 8 rings (SSSR count). The highest BCUT2D eigenvalue weighted by Crippen LogP contribution is 2.36. The van der Waals surface area contributed by atoms with Gasteiger partial charge in [0.1, 0.15) is 0 Å². The summed E-state index contributed by atoms with van der Waals surface area (Å²) in [4.78, 5) is 15.0. The van der Waals surface area contributed by atoms with Crippen molar-refractivity contribution in [3.63, 3.8) is 0 Å². The van der Waals surface area contributed by atoms with Gasteiger partial charge in [0.25, 0.3) is 0 Å². The number of fused-ring (bicyclic) bond motifs is 3. The van der Waals surface area contributed by atoms with Crippen molar-refractivity contribution in [2.24, 2.45) is 0 Å². The van der Waals surface area contributed by atoms with Gasteiger partial charge >= 0.3 is 0 Å². The molecule has 0 aliphatic rings. The van der Waals surface area contributed by atoms with E-state index in [0.717, 1.165) is 83.5 Å². The van der Waals surface area contributed by atoms with Crippen molar-refractivity contribution in [1.82, 2.24) is 15.0 Å². The van der Waals surface area contributed by atoms with Crippen molar-refractivity contribution in [2.45, 2.75) is 13.8 Å². The standard InChI is InChI=1S/C43H31N3/c1-28-19-20-32-21-22-38-39(23-29(2)45-43(38)42(32)44-28)35-17-9-15-33(24-35)34-16-10-18-36(25-34)41-27-37(30-11-5-3-6-12-30)26-40(46-41)31-13-7-4-8-14-31/h3-27H,1-2H3. The van der Waals surface area contributed by atoms with Gasteiger partial charge < -0.3 is 0 Å². The molecule has 0 aliphatic carbocycles. The van der Waals surface area contributed by atoms with Crippen molar-refractivity contribution in [3.05, 3.63) is 163 Å². The van der Waals surface area contributed by atoms with E-state index in [-0.39, 0.29) is 0 Å². The van der Waals surface area contributed by atoms with E-state index in [2.05, 4.69) is 153 Å². The zero-order valence-electron chi connectivity index (χ0n) is 25.8. The number of benzene rings is 5. The molecular weight excluding hydrogens is 558 g/mol. The number of hydrogen-bond donors (Lipinski definition) is 0. The van der Waals surface area contributed by atoms with E-state index in [1.54, 1.807) is 0 Å². The van der Waals surface area contributed by atoms with Crippen molar-refractivity contribution >= 4 is 21.8 Å². The van der Waals surface area contributed by atoms with Gasteiger partial charge in [0.15, 0.2) is 0 Å². The van der Waals surface area contributed by atoms with Gasteiger partial charge in [-0.3, -0.25) is 9.97 Å². The molecule has 218 valence electrons. The van der Waals surface area contributed by atoms with Crippen LogP contribution in [-0.2, 0) is 0 Å². The van der Waals surface area contributed by atoms with Gasteiger partial charge in [-0.05, 0) is 83.6 Å². The average Bonchev–Trinajstić information content (AvgIpc) is 3.12. The molecule has 8 aromatic rings. The molecule has 0 atom stereocenters. The molecule has 3 nitrogen and oxygen atoms in total. The second kappa shape index (κ2) is 11.5. The molecule has 3 aromatic heterocycles. The van der Waals surface area contributed by atoms with Crippen LogP contribution in [0, 0.1) is 13.8 Å². The fraction of sp³-hybridized carbons (Fsp3) is 0.0465. The van der Waals surface area contributed by atoms with Crippen molar-refractivity contribution in [1.29, 1.82) is 0 Å². The van der Waals surface area contributed by atoms with E-state index in [0.29, 0.717) is 0 Å². The Labute approximate surface area is 268 Å². The number of aromatic nitrogens is 3. The molecule has 5 aromatic carbocycles. The normalized spacial score (nSPS) is 11.3. The van der Waals surface area contributed by atoms with Crippen LogP contribution in [0.3, 0.4) is 0 Å². The Kier molecular flexibility index (Phi) is 6.92.